The fourth-order valence-electron chi connectivity index (χ4n) is 2.45. The molecule has 18 heavy (non-hydrogen) atoms. The van der Waals surface area contributed by atoms with Crippen LogP contribution in [0.1, 0.15) is 43.9 Å². The van der Waals surface area contributed by atoms with Crippen LogP contribution in [0.15, 0.2) is 24.3 Å². The van der Waals surface area contributed by atoms with Crippen molar-refractivity contribution in [2.75, 3.05) is 18.1 Å². The molecular weight excluding hydrogens is 238 g/mol. The van der Waals surface area contributed by atoms with Gasteiger partial charge in [-0.3, -0.25) is 0 Å². The lowest BCUT2D eigenvalue weighted by molar-refractivity contribution is 0.421. The molecule has 1 unspecified atom stereocenters. The first-order valence-electron chi connectivity index (χ1n) is 7.19. The van der Waals surface area contributed by atoms with Crippen LogP contribution >= 0.6 is 11.8 Å². The van der Waals surface area contributed by atoms with Gasteiger partial charge in [-0.1, -0.05) is 31.2 Å². The van der Waals surface area contributed by atoms with Crippen molar-refractivity contribution in [1.82, 2.24) is 5.32 Å². The molecule has 0 aliphatic carbocycles. The van der Waals surface area contributed by atoms with Crippen LogP contribution < -0.4 is 5.32 Å². The Kier molecular flexibility index (Phi) is 5.58. The summed E-state index contributed by atoms with van der Waals surface area (Å²) in [6.45, 7) is 5.66. The van der Waals surface area contributed by atoms with Gasteiger partial charge in [-0.25, -0.2) is 0 Å². The average Bonchev–Trinajstić information content (AvgIpc) is 2.46. The number of thioether (sulfide) groups is 1. The van der Waals surface area contributed by atoms with Gasteiger partial charge in [0.05, 0.1) is 0 Å². The van der Waals surface area contributed by atoms with Crippen LogP contribution in [0.5, 0.6) is 0 Å². The molecule has 1 N–H and O–H groups in total. The highest BCUT2D eigenvalue weighted by atomic mass is 32.2. The fourth-order valence-corrected chi connectivity index (χ4v) is 3.66. The molecule has 1 atom stereocenters. The predicted octanol–water partition coefficient (Wildman–Crippen LogP) is 4.04. The summed E-state index contributed by atoms with van der Waals surface area (Å²) in [6.07, 6.45) is 3.90. The van der Waals surface area contributed by atoms with Gasteiger partial charge in [0.15, 0.2) is 0 Å². The third-order valence-electron chi connectivity index (χ3n) is 3.94. The molecule has 1 aliphatic rings. The Morgan fingerprint density at radius 1 is 1.22 bits per heavy atom. The molecule has 2 heteroatoms. The van der Waals surface area contributed by atoms with E-state index >= 15 is 0 Å². The lowest BCUT2D eigenvalue weighted by Gasteiger charge is -2.24. The van der Waals surface area contributed by atoms with Crippen LogP contribution in [0.4, 0.5) is 0 Å². The van der Waals surface area contributed by atoms with Gasteiger partial charge in [-0.2, -0.15) is 11.8 Å². The minimum atomic E-state index is 0.477. The molecule has 0 radical (unpaired) electrons. The Bertz CT molecular complexity index is 341. The van der Waals surface area contributed by atoms with Gasteiger partial charge in [0.1, 0.15) is 0 Å². The first-order valence-corrected chi connectivity index (χ1v) is 8.35. The molecule has 0 aromatic heterocycles. The lowest BCUT2D eigenvalue weighted by atomic mass is 10.0. The SMILES string of the molecule is CCc1ccc(C(C)NCC2CCSCC2)cc1. The van der Waals surface area contributed by atoms with Gasteiger partial charge >= 0.3 is 0 Å². The Balaban J connectivity index is 1.80. The summed E-state index contributed by atoms with van der Waals surface area (Å²) in [5.74, 6) is 3.60. The number of benzene rings is 1. The van der Waals surface area contributed by atoms with Gasteiger partial charge in [-0.15, -0.1) is 0 Å². The summed E-state index contributed by atoms with van der Waals surface area (Å²) >= 11 is 2.11. The van der Waals surface area contributed by atoms with Crippen LogP contribution in [0.3, 0.4) is 0 Å². The maximum absolute atomic E-state index is 3.70. The van der Waals surface area contributed by atoms with E-state index in [1.807, 2.05) is 0 Å². The van der Waals surface area contributed by atoms with E-state index in [4.69, 9.17) is 0 Å². The molecular formula is C16H25NS. The van der Waals surface area contributed by atoms with E-state index in [1.165, 1.54) is 42.0 Å². The van der Waals surface area contributed by atoms with Crippen molar-refractivity contribution >= 4 is 11.8 Å². The van der Waals surface area contributed by atoms with Crippen molar-refractivity contribution < 1.29 is 0 Å². The number of hydrogen-bond donors (Lipinski definition) is 1. The molecule has 1 fully saturated rings. The van der Waals surface area contributed by atoms with E-state index in [9.17, 15) is 0 Å². The maximum atomic E-state index is 3.70. The van der Waals surface area contributed by atoms with Gasteiger partial charge in [0, 0.05) is 6.04 Å². The number of rotatable bonds is 5. The van der Waals surface area contributed by atoms with Crippen molar-refractivity contribution in [2.24, 2.45) is 5.92 Å². The largest absolute Gasteiger partial charge is 0.310 e. The van der Waals surface area contributed by atoms with E-state index in [1.54, 1.807) is 0 Å². The zero-order chi connectivity index (χ0) is 12.8. The van der Waals surface area contributed by atoms with E-state index < -0.39 is 0 Å². The summed E-state index contributed by atoms with van der Waals surface area (Å²) in [7, 11) is 0. The summed E-state index contributed by atoms with van der Waals surface area (Å²) in [6, 6.07) is 9.53. The first kappa shape index (κ1) is 14.0. The minimum absolute atomic E-state index is 0.477. The van der Waals surface area contributed by atoms with Gasteiger partial charge in [0.25, 0.3) is 0 Å². The van der Waals surface area contributed by atoms with E-state index in [0.717, 1.165) is 12.3 Å². The van der Waals surface area contributed by atoms with Crippen LogP contribution in [0, 0.1) is 5.92 Å². The second kappa shape index (κ2) is 7.20. The smallest absolute Gasteiger partial charge is 0.0291 e. The summed E-state index contributed by atoms with van der Waals surface area (Å²) in [4.78, 5) is 0. The number of nitrogens with one attached hydrogen (secondary N) is 1. The number of aryl methyl sites for hydroxylation is 1. The number of hydrogen-bond acceptors (Lipinski definition) is 2. The highest BCUT2D eigenvalue weighted by Gasteiger charge is 2.14. The van der Waals surface area contributed by atoms with Crippen molar-refractivity contribution in [1.29, 1.82) is 0 Å². The molecule has 0 spiro atoms. The average molecular weight is 263 g/mol. The van der Waals surface area contributed by atoms with E-state index in [2.05, 4.69) is 55.2 Å². The summed E-state index contributed by atoms with van der Waals surface area (Å²) < 4.78 is 0. The van der Waals surface area contributed by atoms with Crippen LogP contribution in [0.25, 0.3) is 0 Å². The molecule has 100 valence electrons. The Hall–Kier alpha value is -0.470. The molecule has 1 nitrogen and oxygen atoms in total. The second-order valence-electron chi connectivity index (χ2n) is 5.28. The first-order chi connectivity index (χ1) is 8.79. The molecule has 1 aromatic rings. The van der Waals surface area contributed by atoms with Crippen molar-refractivity contribution in [3.63, 3.8) is 0 Å². The highest BCUT2D eigenvalue weighted by Crippen LogP contribution is 2.23. The molecule has 1 heterocycles. The molecule has 2 rings (SSSR count). The standard InChI is InChI=1S/C16H25NS/c1-3-14-4-6-16(7-5-14)13(2)17-12-15-8-10-18-11-9-15/h4-7,13,15,17H,3,8-12H2,1-2H3. The van der Waals surface area contributed by atoms with E-state index in [0.29, 0.717) is 6.04 Å². The Morgan fingerprint density at radius 3 is 2.50 bits per heavy atom. The lowest BCUT2D eigenvalue weighted by Crippen LogP contribution is -2.28. The zero-order valence-electron chi connectivity index (χ0n) is 11.6. The Morgan fingerprint density at radius 2 is 1.89 bits per heavy atom. The second-order valence-corrected chi connectivity index (χ2v) is 6.51. The van der Waals surface area contributed by atoms with E-state index in [-0.39, 0.29) is 0 Å². The third-order valence-corrected chi connectivity index (χ3v) is 4.99. The summed E-state index contributed by atoms with van der Waals surface area (Å²) in [5, 5.41) is 3.70. The van der Waals surface area contributed by atoms with Crippen LogP contribution in [-0.2, 0) is 6.42 Å². The fraction of sp³-hybridized carbons (Fsp3) is 0.625. The van der Waals surface area contributed by atoms with Crippen molar-refractivity contribution in [2.45, 2.75) is 39.2 Å². The molecule has 1 aromatic carbocycles. The predicted molar refractivity (Wildman–Crippen MR) is 82.3 cm³/mol. The van der Waals surface area contributed by atoms with Crippen molar-refractivity contribution in [3.05, 3.63) is 35.4 Å². The third kappa shape index (κ3) is 4.03. The van der Waals surface area contributed by atoms with Crippen LogP contribution in [0.2, 0.25) is 0 Å². The highest BCUT2D eigenvalue weighted by molar-refractivity contribution is 7.99. The molecule has 0 amide bonds. The minimum Gasteiger partial charge on any atom is -0.310 e. The van der Waals surface area contributed by atoms with Gasteiger partial charge < -0.3 is 5.32 Å². The molecule has 0 saturated carbocycles. The topological polar surface area (TPSA) is 12.0 Å². The Labute approximate surface area is 116 Å². The monoisotopic (exact) mass is 263 g/mol. The zero-order valence-corrected chi connectivity index (χ0v) is 12.4. The van der Waals surface area contributed by atoms with Gasteiger partial charge in [-0.05, 0) is 61.3 Å². The van der Waals surface area contributed by atoms with Crippen LogP contribution in [-0.4, -0.2) is 18.1 Å². The quantitative estimate of drug-likeness (QED) is 0.860. The summed E-state index contributed by atoms with van der Waals surface area (Å²) in [5.41, 5.74) is 2.84. The molecule has 1 saturated heterocycles. The van der Waals surface area contributed by atoms with Gasteiger partial charge in [0.2, 0.25) is 0 Å². The van der Waals surface area contributed by atoms with Crippen molar-refractivity contribution in [3.8, 4) is 0 Å². The molecule has 1 aliphatic heterocycles. The normalized spacial score (nSPS) is 18.8. The maximum Gasteiger partial charge on any atom is 0.0291 e. The molecule has 0 bridgehead atoms.